The molecule has 0 saturated carbocycles. The lowest BCUT2D eigenvalue weighted by molar-refractivity contribution is 0.414. The first-order chi connectivity index (χ1) is 11.2. The zero-order valence-electron chi connectivity index (χ0n) is 12.5. The molecular formula is C18H14N2O2S. The van der Waals surface area contributed by atoms with Crippen LogP contribution in [0.3, 0.4) is 0 Å². The van der Waals surface area contributed by atoms with Gasteiger partial charge in [0.05, 0.1) is 12.8 Å². The van der Waals surface area contributed by atoms with Gasteiger partial charge in [-0.15, -0.1) is 0 Å². The van der Waals surface area contributed by atoms with Gasteiger partial charge in [0.15, 0.2) is 0 Å². The molecule has 0 aliphatic heterocycles. The number of benzene rings is 2. The molecule has 1 N–H and O–H groups in total. The molecule has 5 heteroatoms. The van der Waals surface area contributed by atoms with Gasteiger partial charge in [-0.1, -0.05) is 11.3 Å². The number of ether oxygens (including phenoxy) is 1. The number of aromatic hydroxyl groups is 1. The number of phenolic OH excluding ortho intramolecular Hbond substituents is 1. The number of aliphatic imine (C=N–C) groups is 1. The van der Waals surface area contributed by atoms with Gasteiger partial charge >= 0.3 is 0 Å². The van der Waals surface area contributed by atoms with Crippen LogP contribution >= 0.6 is 11.3 Å². The number of fused-ring (bicyclic) bond motifs is 3. The Morgan fingerprint density at radius 1 is 1.22 bits per heavy atom. The van der Waals surface area contributed by atoms with Crippen molar-refractivity contribution in [2.24, 2.45) is 4.99 Å². The number of phenols is 1. The first kappa shape index (κ1) is 14.0. The van der Waals surface area contributed by atoms with Gasteiger partial charge in [-0.3, -0.25) is 0 Å². The Hall–Kier alpha value is -2.66. The zero-order valence-corrected chi connectivity index (χ0v) is 13.3. The van der Waals surface area contributed by atoms with Crippen LogP contribution in [0.15, 0.2) is 47.5 Å². The lowest BCUT2D eigenvalue weighted by Gasteiger charge is -2.03. The van der Waals surface area contributed by atoms with Gasteiger partial charge in [0.25, 0.3) is 0 Å². The van der Waals surface area contributed by atoms with Crippen LogP contribution < -0.4 is 4.74 Å². The van der Waals surface area contributed by atoms with Crippen LogP contribution in [0, 0.1) is 0 Å². The molecule has 1 heterocycles. The van der Waals surface area contributed by atoms with Gasteiger partial charge < -0.3 is 9.84 Å². The minimum absolute atomic E-state index is 0.252. The molecule has 0 radical (unpaired) electrons. The molecule has 0 fully saturated rings. The van der Waals surface area contributed by atoms with Crippen molar-refractivity contribution >= 4 is 22.7 Å². The molecule has 1 aliphatic carbocycles. The number of rotatable bonds is 3. The van der Waals surface area contributed by atoms with E-state index < -0.39 is 0 Å². The largest absolute Gasteiger partial charge is 0.508 e. The maximum Gasteiger partial charge on any atom is 0.209 e. The number of thiazole rings is 1. The third-order valence-corrected chi connectivity index (χ3v) is 4.79. The average Bonchev–Trinajstić information content (AvgIpc) is 3.10. The smallest absolute Gasteiger partial charge is 0.209 e. The first-order valence-electron chi connectivity index (χ1n) is 7.23. The van der Waals surface area contributed by atoms with Crippen LogP contribution in [0.5, 0.6) is 11.5 Å². The summed E-state index contributed by atoms with van der Waals surface area (Å²) in [5.74, 6) is 1.13. The predicted octanol–water partition coefficient (Wildman–Crippen LogP) is 4.18. The zero-order chi connectivity index (χ0) is 15.8. The second-order valence-electron chi connectivity index (χ2n) is 5.32. The fraction of sp³-hybridized carbons (Fsp3) is 0.111. The SMILES string of the molecule is COc1ccc2c(c1)Cc1sc(N=Cc3ccc(O)cc3)nc1-2. The van der Waals surface area contributed by atoms with E-state index in [0.717, 1.165) is 28.6 Å². The summed E-state index contributed by atoms with van der Waals surface area (Å²) < 4.78 is 5.28. The Kier molecular flexibility index (Phi) is 3.35. The normalized spacial score (nSPS) is 12.4. The second kappa shape index (κ2) is 5.52. The van der Waals surface area contributed by atoms with E-state index in [1.165, 1.54) is 16.0 Å². The average molecular weight is 322 g/mol. The van der Waals surface area contributed by atoms with Crippen molar-refractivity contribution in [2.45, 2.75) is 6.42 Å². The Labute approximate surface area is 137 Å². The number of aromatic nitrogens is 1. The van der Waals surface area contributed by atoms with E-state index in [4.69, 9.17) is 4.74 Å². The molecule has 1 aromatic heterocycles. The maximum atomic E-state index is 9.29. The number of methoxy groups -OCH3 is 1. The van der Waals surface area contributed by atoms with E-state index in [1.54, 1.807) is 36.8 Å². The third kappa shape index (κ3) is 2.59. The van der Waals surface area contributed by atoms with Gasteiger partial charge in [-0.05, 0) is 53.6 Å². The molecule has 0 unspecified atom stereocenters. The number of nitrogens with zero attached hydrogens (tertiary/aromatic N) is 2. The standard InChI is InChI=1S/C18H14N2O2S/c1-22-14-6-7-15-12(8-14)9-16-17(15)20-18(23-16)19-10-11-2-4-13(21)5-3-11/h2-8,10,21H,9H2,1H3. The van der Waals surface area contributed by atoms with Crippen LogP contribution in [0.25, 0.3) is 11.3 Å². The van der Waals surface area contributed by atoms with Crippen molar-refractivity contribution < 1.29 is 9.84 Å². The Bertz CT molecular complexity index is 898. The second-order valence-corrected chi connectivity index (χ2v) is 6.38. The predicted molar refractivity (Wildman–Crippen MR) is 92.3 cm³/mol. The van der Waals surface area contributed by atoms with Crippen LogP contribution in [0.1, 0.15) is 16.0 Å². The van der Waals surface area contributed by atoms with Crippen molar-refractivity contribution in [1.82, 2.24) is 4.98 Å². The van der Waals surface area contributed by atoms with Crippen molar-refractivity contribution in [2.75, 3.05) is 7.11 Å². The van der Waals surface area contributed by atoms with Gasteiger partial charge in [0.1, 0.15) is 11.5 Å². The van der Waals surface area contributed by atoms with Gasteiger partial charge in [0.2, 0.25) is 5.13 Å². The molecule has 0 saturated heterocycles. The topological polar surface area (TPSA) is 54.7 Å². The molecule has 2 aromatic carbocycles. The van der Waals surface area contributed by atoms with E-state index in [9.17, 15) is 5.11 Å². The van der Waals surface area contributed by atoms with Crippen molar-refractivity contribution in [3.8, 4) is 22.8 Å². The molecule has 0 amide bonds. The highest BCUT2D eigenvalue weighted by atomic mass is 32.1. The molecule has 0 bridgehead atoms. The van der Waals surface area contributed by atoms with Crippen molar-refractivity contribution in [3.63, 3.8) is 0 Å². The Morgan fingerprint density at radius 2 is 2.04 bits per heavy atom. The maximum absolute atomic E-state index is 9.29. The molecule has 1 aliphatic rings. The minimum atomic E-state index is 0.252. The highest BCUT2D eigenvalue weighted by molar-refractivity contribution is 7.15. The van der Waals surface area contributed by atoms with Crippen LogP contribution in [-0.2, 0) is 6.42 Å². The summed E-state index contributed by atoms with van der Waals surface area (Å²) in [7, 11) is 1.68. The monoisotopic (exact) mass is 322 g/mol. The summed E-state index contributed by atoms with van der Waals surface area (Å²) in [6.45, 7) is 0. The fourth-order valence-electron chi connectivity index (χ4n) is 2.66. The van der Waals surface area contributed by atoms with E-state index in [-0.39, 0.29) is 5.75 Å². The third-order valence-electron chi connectivity index (χ3n) is 3.82. The van der Waals surface area contributed by atoms with Gasteiger partial charge in [-0.2, -0.15) is 0 Å². The lowest BCUT2D eigenvalue weighted by Crippen LogP contribution is -1.86. The molecule has 0 atom stereocenters. The summed E-state index contributed by atoms with van der Waals surface area (Å²) >= 11 is 1.62. The summed E-state index contributed by atoms with van der Waals surface area (Å²) in [4.78, 5) is 10.3. The van der Waals surface area contributed by atoms with E-state index in [1.807, 2.05) is 18.2 Å². The fourth-order valence-corrected chi connectivity index (χ4v) is 3.60. The molecule has 23 heavy (non-hydrogen) atoms. The quantitative estimate of drug-likeness (QED) is 0.576. The van der Waals surface area contributed by atoms with Crippen LogP contribution in [0.2, 0.25) is 0 Å². The molecule has 4 nitrogen and oxygen atoms in total. The molecule has 4 rings (SSSR count). The number of hydrogen-bond donors (Lipinski definition) is 1. The summed E-state index contributed by atoms with van der Waals surface area (Å²) in [6.07, 6.45) is 2.65. The van der Waals surface area contributed by atoms with Crippen molar-refractivity contribution in [1.29, 1.82) is 0 Å². The summed E-state index contributed by atoms with van der Waals surface area (Å²) in [5, 5.41) is 10.0. The van der Waals surface area contributed by atoms with E-state index >= 15 is 0 Å². The van der Waals surface area contributed by atoms with Crippen LogP contribution in [0.4, 0.5) is 5.13 Å². The molecular weight excluding hydrogens is 308 g/mol. The van der Waals surface area contributed by atoms with Gasteiger partial charge in [0, 0.05) is 23.1 Å². The summed E-state index contributed by atoms with van der Waals surface area (Å²) in [6, 6.07) is 13.0. The highest BCUT2D eigenvalue weighted by Crippen LogP contribution is 2.42. The highest BCUT2D eigenvalue weighted by Gasteiger charge is 2.23. The Morgan fingerprint density at radius 3 is 2.83 bits per heavy atom. The van der Waals surface area contributed by atoms with Gasteiger partial charge in [-0.25, -0.2) is 9.98 Å². The lowest BCUT2D eigenvalue weighted by atomic mass is 10.1. The van der Waals surface area contributed by atoms with Crippen molar-refractivity contribution in [3.05, 3.63) is 58.5 Å². The molecule has 3 aromatic rings. The summed E-state index contributed by atoms with van der Waals surface area (Å²) in [5.41, 5.74) is 4.39. The number of hydrogen-bond acceptors (Lipinski definition) is 5. The van der Waals surface area contributed by atoms with Crippen LogP contribution in [-0.4, -0.2) is 23.4 Å². The molecule has 114 valence electrons. The minimum Gasteiger partial charge on any atom is -0.508 e. The van der Waals surface area contributed by atoms with E-state index in [0.29, 0.717) is 0 Å². The van der Waals surface area contributed by atoms with E-state index in [2.05, 4.69) is 22.1 Å². The molecule has 0 spiro atoms. The first-order valence-corrected chi connectivity index (χ1v) is 8.04. The Balaban J connectivity index is 1.61.